The zero-order valence-electron chi connectivity index (χ0n) is 18.4. The predicted molar refractivity (Wildman–Crippen MR) is 114 cm³/mol. The van der Waals surface area contributed by atoms with Crippen LogP contribution < -0.4 is 12.4 Å². The second-order valence-corrected chi connectivity index (χ2v) is 8.63. The second kappa shape index (κ2) is 19.3. The summed E-state index contributed by atoms with van der Waals surface area (Å²) in [6.45, 7) is 4.73. The number of rotatable bonds is 18. The normalized spacial score (nSPS) is 12.5. The minimum Gasteiger partial charge on any atom is -1.00 e. The molecule has 0 spiro atoms. The highest BCUT2D eigenvalue weighted by molar-refractivity contribution is 6.18. The summed E-state index contributed by atoms with van der Waals surface area (Å²) in [5, 5.41) is 0. The molecule has 164 valence electrons. The summed E-state index contributed by atoms with van der Waals surface area (Å²) in [7, 11) is 4.19. The van der Waals surface area contributed by atoms with Crippen LogP contribution in [-0.2, 0) is 9.53 Å². The van der Waals surface area contributed by atoms with E-state index in [0.717, 1.165) is 6.54 Å². The van der Waals surface area contributed by atoms with Crippen LogP contribution in [0.1, 0.15) is 104 Å². The maximum Gasteiger partial charge on any atom is 0.307 e. The molecule has 0 radical (unpaired) electrons. The second-order valence-electron chi connectivity index (χ2n) is 8.32. The maximum absolute atomic E-state index is 11.2. The van der Waals surface area contributed by atoms with E-state index in [9.17, 15) is 4.79 Å². The van der Waals surface area contributed by atoms with Gasteiger partial charge in [0.1, 0.15) is 5.88 Å². The van der Waals surface area contributed by atoms with Crippen LogP contribution in [0, 0.1) is 0 Å². The standard InChI is InChI=1S/C22H45ClNO2.ClH/c1-5-6-7-8-9-10-11-12-13-14-15-16-17-18-19-24(3,4)22(20-23)26-21(2)25;/h22H,5-20H2,1-4H3;1H/q+1;/p-1. The summed E-state index contributed by atoms with van der Waals surface area (Å²) in [6.07, 6.45) is 19.0. The number of hydrogen-bond acceptors (Lipinski definition) is 2. The molecular weight excluding hydrogens is 381 g/mol. The highest BCUT2D eigenvalue weighted by Crippen LogP contribution is 2.16. The van der Waals surface area contributed by atoms with Gasteiger partial charge in [-0.15, -0.1) is 11.6 Å². The van der Waals surface area contributed by atoms with Crippen molar-refractivity contribution in [2.24, 2.45) is 0 Å². The topological polar surface area (TPSA) is 26.3 Å². The number of ether oxygens (including phenoxy) is 1. The number of halogens is 2. The maximum atomic E-state index is 11.2. The highest BCUT2D eigenvalue weighted by atomic mass is 35.5. The quantitative estimate of drug-likeness (QED) is 0.110. The van der Waals surface area contributed by atoms with Gasteiger partial charge in [0.25, 0.3) is 0 Å². The molecule has 1 unspecified atom stereocenters. The average Bonchev–Trinajstić information content (AvgIpc) is 2.59. The lowest BCUT2D eigenvalue weighted by Gasteiger charge is -2.35. The van der Waals surface area contributed by atoms with Crippen LogP contribution in [0.15, 0.2) is 0 Å². The van der Waals surface area contributed by atoms with Gasteiger partial charge in [-0.3, -0.25) is 9.28 Å². The van der Waals surface area contributed by atoms with E-state index < -0.39 is 0 Å². The third kappa shape index (κ3) is 17.8. The molecule has 0 amide bonds. The van der Waals surface area contributed by atoms with Gasteiger partial charge in [0.05, 0.1) is 20.6 Å². The Morgan fingerprint density at radius 1 is 0.815 bits per heavy atom. The summed E-state index contributed by atoms with van der Waals surface area (Å²) in [5.41, 5.74) is 0. The van der Waals surface area contributed by atoms with Gasteiger partial charge in [-0.25, -0.2) is 0 Å². The Bertz CT molecular complexity index is 338. The number of carbonyl (C=O) groups excluding carboxylic acids is 1. The van der Waals surface area contributed by atoms with Gasteiger partial charge in [0.15, 0.2) is 0 Å². The van der Waals surface area contributed by atoms with Crippen molar-refractivity contribution in [1.29, 1.82) is 0 Å². The van der Waals surface area contributed by atoms with Crippen LogP contribution in [0.2, 0.25) is 0 Å². The first-order valence-corrected chi connectivity index (χ1v) is 11.5. The molecule has 0 aromatic heterocycles. The Kier molecular flexibility index (Phi) is 20.9. The molecule has 0 fully saturated rings. The van der Waals surface area contributed by atoms with E-state index in [1.807, 2.05) is 0 Å². The molecule has 0 rings (SSSR count). The number of alkyl halides is 1. The Balaban J connectivity index is 0. The first kappa shape index (κ1) is 29.2. The van der Waals surface area contributed by atoms with Crippen LogP contribution in [-0.4, -0.2) is 43.2 Å². The van der Waals surface area contributed by atoms with Crippen LogP contribution in [0.5, 0.6) is 0 Å². The number of nitrogens with zero attached hydrogens (tertiary/aromatic N) is 1. The summed E-state index contributed by atoms with van der Waals surface area (Å²) < 4.78 is 5.99. The van der Waals surface area contributed by atoms with Crippen molar-refractivity contribution in [2.45, 2.75) is 110 Å². The summed E-state index contributed by atoms with van der Waals surface area (Å²) in [5.74, 6) is 0.105. The molecule has 0 aromatic rings. The lowest BCUT2D eigenvalue weighted by atomic mass is 10.0. The molecule has 0 N–H and O–H groups in total. The van der Waals surface area contributed by atoms with Gasteiger partial charge in [-0.1, -0.05) is 84.0 Å². The molecule has 0 aliphatic carbocycles. The molecule has 0 saturated carbocycles. The van der Waals surface area contributed by atoms with Crippen molar-refractivity contribution in [3.8, 4) is 0 Å². The SMILES string of the molecule is CCCCCCCCCCCCCCCC[N+](C)(C)C(CCl)OC(C)=O.[Cl-]. The first-order valence-electron chi connectivity index (χ1n) is 11.0. The highest BCUT2D eigenvalue weighted by Gasteiger charge is 2.29. The van der Waals surface area contributed by atoms with Gasteiger partial charge >= 0.3 is 5.97 Å². The van der Waals surface area contributed by atoms with Gasteiger partial charge in [-0.05, 0) is 12.8 Å². The van der Waals surface area contributed by atoms with E-state index in [2.05, 4.69) is 21.0 Å². The fraction of sp³-hybridized carbons (Fsp3) is 0.955. The molecule has 1 atom stereocenters. The molecule has 0 aromatic carbocycles. The minimum absolute atomic E-state index is 0. The third-order valence-corrected chi connectivity index (χ3v) is 5.57. The van der Waals surface area contributed by atoms with E-state index in [4.69, 9.17) is 16.3 Å². The zero-order chi connectivity index (χ0) is 19.7. The number of carbonyl (C=O) groups is 1. The average molecular weight is 427 g/mol. The van der Waals surface area contributed by atoms with Gasteiger partial charge in [0, 0.05) is 6.92 Å². The monoisotopic (exact) mass is 425 g/mol. The fourth-order valence-corrected chi connectivity index (χ4v) is 3.85. The third-order valence-electron chi connectivity index (χ3n) is 5.30. The number of esters is 1. The summed E-state index contributed by atoms with van der Waals surface area (Å²) >= 11 is 5.97. The van der Waals surface area contributed by atoms with Crippen molar-refractivity contribution in [2.75, 3.05) is 26.5 Å². The molecule has 0 bridgehead atoms. The van der Waals surface area contributed by atoms with Gasteiger partial charge in [0.2, 0.25) is 6.23 Å². The molecule has 0 aliphatic heterocycles. The fourth-order valence-electron chi connectivity index (χ4n) is 3.41. The molecular formula is C22H45Cl2NO2. The summed E-state index contributed by atoms with van der Waals surface area (Å²) in [6, 6.07) is 0. The van der Waals surface area contributed by atoms with E-state index in [1.54, 1.807) is 0 Å². The Hall–Kier alpha value is 0.01000. The van der Waals surface area contributed by atoms with E-state index >= 15 is 0 Å². The van der Waals surface area contributed by atoms with Crippen molar-refractivity contribution in [3.63, 3.8) is 0 Å². The lowest BCUT2D eigenvalue weighted by molar-refractivity contribution is -0.932. The predicted octanol–water partition coefficient (Wildman–Crippen LogP) is 3.68. The van der Waals surface area contributed by atoms with Crippen molar-refractivity contribution in [1.82, 2.24) is 0 Å². The summed E-state index contributed by atoms with van der Waals surface area (Å²) in [4.78, 5) is 11.2. The van der Waals surface area contributed by atoms with Crippen LogP contribution in [0.3, 0.4) is 0 Å². The van der Waals surface area contributed by atoms with Crippen molar-refractivity contribution < 1.29 is 26.4 Å². The van der Waals surface area contributed by atoms with Gasteiger partial charge < -0.3 is 17.1 Å². The largest absolute Gasteiger partial charge is 1.00 e. The van der Waals surface area contributed by atoms with Crippen LogP contribution >= 0.6 is 11.6 Å². The molecule has 0 heterocycles. The van der Waals surface area contributed by atoms with Gasteiger partial charge in [-0.2, -0.15) is 0 Å². The molecule has 3 nitrogen and oxygen atoms in total. The minimum atomic E-state index is -0.247. The van der Waals surface area contributed by atoms with E-state index in [1.165, 1.54) is 96.8 Å². The number of quaternary nitrogens is 1. The van der Waals surface area contributed by atoms with Crippen molar-refractivity contribution in [3.05, 3.63) is 0 Å². The van der Waals surface area contributed by atoms with Crippen LogP contribution in [0.4, 0.5) is 0 Å². The molecule has 5 heteroatoms. The van der Waals surface area contributed by atoms with Crippen LogP contribution in [0.25, 0.3) is 0 Å². The zero-order valence-corrected chi connectivity index (χ0v) is 19.9. The number of unbranched alkanes of at least 4 members (excludes halogenated alkanes) is 13. The van der Waals surface area contributed by atoms with E-state index in [0.29, 0.717) is 10.4 Å². The number of hydrogen-bond donors (Lipinski definition) is 0. The first-order chi connectivity index (χ1) is 12.4. The molecule has 0 saturated heterocycles. The Morgan fingerprint density at radius 3 is 1.52 bits per heavy atom. The van der Waals surface area contributed by atoms with Crippen molar-refractivity contribution >= 4 is 17.6 Å². The lowest BCUT2D eigenvalue weighted by Crippen LogP contribution is -3.00. The van der Waals surface area contributed by atoms with E-state index in [-0.39, 0.29) is 24.6 Å². The molecule has 0 aliphatic rings. The Morgan fingerprint density at radius 2 is 1.19 bits per heavy atom. The molecule has 27 heavy (non-hydrogen) atoms. The Labute approximate surface area is 180 Å². The smallest absolute Gasteiger partial charge is 0.307 e.